The van der Waals surface area contributed by atoms with Gasteiger partial charge in [0.2, 0.25) is 35.3 Å². The lowest BCUT2D eigenvalue weighted by atomic mass is 9.83. The van der Waals surface area contributed by atoms with Crippen LogP contribution in [0.15, 0.2) is 0 Å². The Labute approximate surface area is 309 Å². The Balaban J connectivity index is 1.75. The molecule has 2 aliphatic carbocycles. The van der Waals surface area contributed by atoms with Crippen LogP contribution in [-0.4, -0.2) is 95.1 Å². The van der Waals surface area contributed by atoms with Crippen LogP contribution in [0, 0.1) is 11.8 Å². The zero-order valence-corrected chi connectivity index (χ0v) is 32.1. The molecule has 3 aliphatic rings. The van der Waals surface area contributed by atoms with Gasteiger partial charge in [-0.2, -0.15) is 0 Å². The smallest absolute Gasteiger partial charge is 0.290 e. The minimum atomic E-state index is -1.21. The van der Waals surface area contributed by atoms with Crippen molar-refractivity contribution in [3.8, 4) is 0 Å². The van der Waals surface area contributed by atoms with Crippen molar-refractivity contribution >= 4 is 41.2 Å². The second-order valence-electron chi connectivity index (χ2n) is 16.0. The molecule has 6 N–H and O–H groups in total. The Kier molecular flexibility index (Phi) is 17.0. The molecule has 5 atom stereocenters. The van der Waals surface area contributed by atoms with Gasteiger partial charge < -0.3 is 36.6 Å². The minimum absolute atomic E-state index is 0.0553. The molecule has 0 bridgehead atoms. The average Bonchev–Trinajstić information content (AvgIpc) is 3.76. The fourth-order valence-electron chi connectivity index (χ4n) is 7.78. The van der Waals surface area contributed by atoms with Crippen LogP contribution in [0.1, 0.15) is 137 Å². The Morgan fingerprint density at radius 2 is 1.46 bits per heavy atom. The van der Waals surface area contributed by atoms with E-state index in [9.17, 15) is 33.6 Å². The number of hydrogen-bond donors (Lipinski definition) is 5. The van der Waals surface area contributed by atoms with Crippen LogP contribution in [-0.2, 0) is 38.3 Å². The lowest BCUT2D eigenvalue weighted by molar-refractivity contribution is -0.144. The molecule has 3 fully saturated rings. The maximum Gasteiger partial charge on any atom is 0.290 e. The highest BCUT2D eigenvalue weighted by Gasteiger charge is 2.46. The summed E-state index contributed by atoms with van der Waals surface area (Å²) in [6.07, 6.45) is 11.3. The molecular formula is C38H64N6O8. The normalized spacial score (nSPS) is 21.5. The van der Waals surface area contributed by atoms with Crippen molar-refractivity contribution in [3.05, 3.63) is 0 Å². The van der Waals surface area contributed by atoms with Gasteiger partial charge in [-0.1, -0.05) is 65.2 Å². The molecule has 0 spiro atoms. The maximum atomic E-state index is 14.5. The van der Waals surface area contributed by atoms with E-state index in [1.54, 1.807) is 6.92 Å². The number of nitrogens with one attached hydrogen (secondary N) is 4. The molecule has 3 unspecified atom stereocenters. The maximum absolute atomic E-state index is 14.5. The average molecular weight is 733 g/mol. The predicted molar refractivity (Wildman–Crippen MR) is 195 cm³/mol. The van der Waals surface area contributed by atoms with Gasteiger partial charge in [-0.25, -0.2) is 0 Å². The standard InChI is InChI=1S/C38H64N6O8/c1-6-8-19-28(34(39)48)41-31(46)22-40-36(50)33(47)27(14-7-2)42-35(49)29-21-26(52-38(3,4)5)23-44(29)37(51)32(25-17-10-9-11-18-25)43-30(45)20-24-15-12-13-16-24/h24-29,32H,6-23H2,1-5H3,(H2,39,48)(H,40,50)(H,41,46)(H,42,49)(H,43,45)/t26-,27?,28?,29+,32?/m1/s1. The number of carbonyl (C=O) groups is 7. The molecule has 0 aromatic rings. The molecule has 52 heavy (non-hydrogen) atoms. The summed E-state index contributed by atoms with van der Waals surface area (Å²) in [7, 11) is 0. The minimum Gasteiger partial charge on any atom is -0.371 e. The van der Waals surface area contributed by atoms with E-state index in [4.69, 9.17) is 10.5 Å². The summed E-state index contributed by atoms with van der Waals surface area (Å²) in [5.74, 6) is -4.17. The van der Waals surface area contributed by atoms with Crippen molar-refractivity contribution in [2.75, 3.05) is 13.1 Å². The number of hydrogen-bond acceptors (Lipinski definition) is 8. The molecule has 0 radical (unpaired) electrons. The van der Waals surface area contributed by atoms with Gasteiger partial charge in [0, 0.05) is 19.4 Å². The predicted octanol–water partition coefficient (Wildman–Crippen LogP) is 2.55. The van der Waals surface area contributed by atoms with Crippen LogP contribution < -0.4 is 27.0 Å². The van der Waals surface area contributed by atoms with Crippen molar-refractivity contribution in [2.24, 2.45) is 17.6 Å². The summed E-state index contributed by atoms with van der Waals surface area (Å²) in [5.41, 5.74) is 4.83. The quantitative estimate of drug-likeness (QED) is 0.125. The monoisotopic (exact) mass is 732 g/mol. The number of carbonyl (C=O) groups excluding carboxylic acids is 7. The molecule has 2 saturated carbocycles. The highest BCUT2D eigenvalue weighted by molar-refractivity contribution is 6.38. The summed E-state index contributed by atoms with van der Waals surface area (Å²) in [6.45, 7) is 9.02. The molecule has 14 nitrogen and oxygen atoms in total. The van der Waals surface area contributed by atoms with Crippen LogP contribution in [0.5, 0.6) is 0 Å². The number of nitrogens with two attached hydrogens (primary N) is 1. The van der Waals surface area contributed by atoms with E-state index in [0.717, 1.165) is 64.2 Å². The summed E-state index contributed by atoms with van der Waals surface area (Å²) in [6, 6.07) is -3.87. The van der Waals surface area contributed by atoms with Gasteiger partial charge in [-0.05, 0) is 71.1 Å². The van der Waals surface area contributed by atoms with Crippen LogP contribution >= 0.6 is 0 Å². The van der Waals surface area contributed by atoms with E-state index in [-0.39, 0.29) is 37.1 Å². The molecule has 294 valence electrons. The number of amides is 6. The topological polar surface area (TPSA) is 206 Å². The molecule has 3 rings (SSSR count). The molecular weight excluding hydrogens is 668 g/mol. The van der Waals surface area contributed by atoms with Crippen LogP contribution in [0.4, 0.5) is 0 Å². The van der Waals surface area contributed by atoms with Crippen molar-refractivity contribution in [3.63, 3.8) is 0 Å². The van der Waals surface area contributed by atoms with Crippen molar-refractivity contribution < 1.29 is 38.3 Å². The van der Waals surface area contributed by atoms with Crippen LogP contribution in [0.3, 0.4) is 0 Å². The second kappa shape index (κ2) is 20.6. The molecule has 1 heterocycles. The van der Waals surface area contributed by atoms with Crippen LogP contribution in [0.25, 0.3) is 0 Å². The lowest BCUT2D eigenvalue weighted by Crippen LogP contribution is -2.58. The third kappa shape index (κ3) is 13.5. The van der Waals surface area contributed by atoms with Crippen molar-refractivity contribution in [1.29, 1.82) is 0 Å². The number of rotatable bonds is 19. The number of Topliss-reactive ketones (excluding diaryl/α,β-unsaturated/α-hetero) is 1. The summed E-state index contributed by atoms with van der Waals surface area (Å²) >= 11 is 0. The first kappa shape index (κ1) is 42.9. The van der Waals surface area contributed by atoms with Gasteiger partial charge in [0.1, 0.15) is 18.1 Å². The molecule has 1 saturated heterocycles. The molecule has 14 heteroatoms. The Bertz CT molecular complexity index is 1260. The molecule has 0 aromatic heterocycles. The Morgan fingerprint density at radius 1 is 0.808 bits per heavy atom. The fraction of sp³-hybridized carbons (Fsp3) is 0.816. The fourth-order valence-corrected chi connectivity index (χ4v) is 7.78. The number of primary amides is 1. The Morgan fingerprint density at radius 3 is 2.06 bits per heavy atom. The van der Waals surface area contributed by atoms with E-state index < -0.39 is 71.8 Å². The van der Waals surface area contributed by atoms with Gasteiger partial charge in [-0.15, -0.1) is 0 Å². The summed E-state index contributed by atoms with van der Waals surface area (Å²) in [4.78, 5) is 93.8. The van der Waals surface area contributed by atoms with Crippen molar-refractivity contribution in [2.45, 2.75) is 173 Å². The third-order valence-electron chi connectivity index (χ3n) is 10.4. The number of nitrogens with zero attached hydrogens (tertiary/aromatic N) is 1. The second-order valence-corrected chi connectivity index (χ2v) is 16.0. The summed E-state index contributed by atoms with van der Waals surface area (Å²) in [5, 5.41) is 10.6. The van der Waals surface area contributed by atoms with Crippen molar-refractivity contribution in [1.82, 2.24) is 26.2 Å². The number of unbranched alkanes of at least 4 members (excludes halogenated alkanes) is 1. The lowest BCUT2D eigenvalue weighted by Gasteiger charge is -2.35. The zero-order chi connectivity index (χ0) is 38.4. The largest absolute Gasteiger partial charge is 0.371 e. The molecule has 6 amide bonds. The summed E-state index contributed by atoms with van der Waals surface area (Å²) < 4.78 is 6.25. The van der Waals surface area contributed by atoms with Gasteiger partial charge in [0.05, 0.1) is 24.3 Å². The first-order valence-electron chi connectivity index (χ1n) is 19.6. The van der Waals surface area contributed by atoms with E-state index in [2.05, 4.69) is 21.3 Å². The van der Waals surface area contributed by atoms with Gasteiger partial charge in [0.15, 0.2) is 0 Å². The van der Waals surface area contributed by atoms with Gasteiger partial charge in [0.25, 0.3) is 5.91 Å². The van der Waals surface area contributed by atoms with E-state index >= 15 is 0 Å². The number of likely N-dealkylation sites (tertiary alicyclic amines) is 1. The highest BCUT2D eigenvalue weighted by Crippen LogP contribution is 2.32. The SMILES string of the molecule is CCCCC(NC(=O)CNC(=O)C(=O)C(CCC)NC(=O)[C@@H]1C[C@@H](OC(C)(C)C)CN1C(=O)C(NC(=O)CC1CCCC1)C1CCCCC1)C(N)=O. The van der Waals surface area contributed by atoms with E-state index in [1.165, 1.54) is 4.90 Å². The van der Waals surface area contributed by atoms with Crippen LogP contribution in [0.2, 0.25) is 0 Å². The molecule has 0 aromatic carbocycles. The molecule has 1 aliphatic heterocycles. The van der Waals surface area contributed by atoms with Gasteiger partial charge in [-0.3, -0.25) is 33.6 Å². The number of ketones is 1. The van der Waals surface area contributed by atoms with Gasteiger partial charge >= 0.3 is 0 Å². The highest BCUT2D eigenvalue weighted by atomic mass is 16.5. The first-order valence-corrected chi connectivity index (χ1v) is 19.6. The number of ether oxygens (including phenoxy) is 1. The van der Waals surface area contributed by atoms with E-state index in [1.807, 2.05) is 27.7 Å². The first-order chi connectivity index (χ1) is 24.6. The third-order valence-corrected chi connectivity index (χ3v) is 10.4. The zero-order valence-electron chi connectivity index (χ0n) is 32.1. The Hall–Kier alpha value is -3.55. The van der Waals surface area contributed by atoms with E-state index in [0.29, 0.717) is 31.6 Å².